The lowest BCUT2D eigenvalue weighted by atomic mass is 9.99. The first kappa shape index (κ1) is 10.8. The Labute approximate surface area is 75.9 Å². The van der Waals surface area contributed by atoms with Gasteiger partial charge in [0, 0.05) is 13.7 Å². The predicted octanol–water partition coefficient (Wildman–Crippen LogP) is -2.60. The molecule has 6 nitrogen and oxygen atoms in total. The second-order valence-corrected chi connectivity index (χ2v) is 2.99. The molecule has 1 fully saturated rings. The summed E-state index contributed by atoms with van der Waals surface area (Å²) in [7, 11) is 1.34. The van der Waals surface area contributed by atoms with Crippen LogP contribution in [0.2, 0.25) is 0 Å². The van der Waals surface area contributed by atoms with Crippen molar-refractivity contribution in [3.8, 4) is 0 Å². The van der Waals surface area contributed by atoms with Gasteiger partial charge in [-0.1, -0.05) is 0 Å². The molecule has 1 aliphatic heterocycles. The SMILES string of the molecule is COC1O[C@H](CN)[C@@H](O)C(O)[C@H]1O. The smallest absolute Gasteiger partial charge is 0.186 e. The molecular formula is C7H15NO5. The molecule has 0 aromatic carbocycles. The standard InChI is InChI=1S/C7H15NO5/c1-12-7-6(11)5(10)4(9)3(2-8)13-7/h3-7,9-11H,2,8H2,1H3/t3-,4-,5?,6-,7?/m1/s1. The third-order valence-corrected chi connectivity index (χ3v) is 2.13. The summed E-state index contributed by atoms with van der Waals surface area (Å²) in [5.41, 5.74) is 5.28. The minimum Gasteiger partial charge on any atom is -0.388 e. The Balaban J connectivity index is 2.66. The van der Waals surface area contributed by atoms with Crippen molar-refractivity contribution in [1.29, 1.82) is 0 Å². The fourth-order valence-corrected chi connectivity index (χ4v) is 1.31. The summed E-state index contributed by atoms with van der Waals surface area (Å²) in [6, 6.07) is 0. The Kier molecular flexibility index (Phi) is 3.60. The molecule has 0 radical (unpaired) electrons. The summed E-state index contributed by atoms with van der Waals surface area (Å²) in [6.07, 6.45) is -5.35. The van der Waals surface area contributed by atoms with Crippen molar-refractivity contribution in [2.24, 2.45) is 5.73 Å². The highest BCUT2D eigenvalue weighted by molar-refractivity contribution is 4.89. The average molecular weight is 193 g/mol. The lowest BCUT2D eigenvalue weighted by Gasteiger charge is -2.39. The van der Waals surface area contributed by atoms with Crippen molar-refractivity contribution < 1.29 is 24.8 Å². The highest BCUT2D eigenvalue weighted by Gasteiger charge is 2.43. The third-order valence-electron chi connectivity index (χ3n) is 2.13. The van der Waals surface area contributed by atoms with E-state index >= 15 is 0 Å². The van der Waals surface area contributed by atoms with Crippen molar-refractivity contribution in [1.82, 2.24) is 0 Å². The van der Waals surface area contributed by atoms with E-state index in [1.807, 2.05) is 0 Å². The van der Waals surface area contributed by atoms with Crippen LogP contribution in [0.25, 0.3) is 0 Å². The van der Waals surface area contributed by atoms with Crippen molar-refractivity contribution in [3.05, 3.63) is 0 Å². The molecule has 0 aromatic rings. The Hall–Kier alpha value is -0.240. The topological polar surface area (TPSA) is 105 Å². The van der Waals surface area contributed by atoms with Crippen LogP contribution in [0.3, 0.4) is 0 Å². The molecule has 0 amide bonds. The molecule has 5 N–H and O–H groups in total. The number of nitrogens with two attached hydrogens (primary N) is 1. The molecule has 0 aliphatic carbocycles. The molecule has 5 atom stereocenters. The summed E-state index contributed by atoms with van der Waals surface area (Å²) in [6.45, 7) is 0.0603. The van der Waals surface area contributed by atoms with Gasteiger partial charge < -0.3 is 30.5 Å². The lowest BCUT2D eigenvalue weighted by Crippen LogP contribution is -2.59. The first-order valence-corrected chi connectivity index (χ1v) is 4.04. The van der Waals surface area contributed by atoms with Crippen molar-refractivity contribution >= 4 is 0 Å². The number of aliphatic hydroxyl groups is 3. The Morgan fingerprint density at radius 2 is 1.85 bits per heavy atom. The van der Waals surface area contributed by atoms with Crippen LogP contribution in [0, 0.1) is 0 Å². The maximum atomic E-state index is 9.35. The van der Waals surface area contributed by atoms with Gasteiger partial charge in [-0.3, -0.25) is 0 Å². The van der Waals surface area contributed by atoms with Crippen molar-refractivity contribution in [2.45, 2.75) is 30.7 Å². The van der Waals surface area contributed by atoms with E-state index in [-0.39, 0.29) is 6.54 Å². The second kappa shape index (κ2) is 4.32. The molecule has 6 heteroatoms. The summed E-state index contributed by atoms with van der Waals surface area (Å²) in [5.74, 6) is 0. The van der Waals surface area contributed by atoms with Crippen LogP contribution in [0.15, 0.2) is 0 Å². The van der Waals surface area contributed by atoms with Gasteiger partial charge in [-0.2, -0.15) is 0 Å². The lowest BCUT2D eigenvalue weighted by molar-refractivity contribution is -0.287. The fraction of sp³-hybridized carbons (Fsp3) is 1.00. The van der Waals surface area contributed by atoms with Gasteiger partial charge >= 0.3 is 0 Å². The van der Waals surface area contributed by atoms with Crippen LogP contribution < -0.4 is 5.73 Å². The molecular weight excluding hydrogens is 178 g/mol. The van der Waals surface area contributed by atoms with Crippen molar-refractivity contribution in [2.75, 3.05) is 13.7 Å². The van der Waals surface area contributed by atoms with Gasteiger partial charge in [0.05, 0.1) is 0 Å². The minimum absolute atomic E-state index is 0.0603. The molecule has 0 aromatic heterocycles. The van der Waals surface area contributed by atoms with E-state index in [2.05, 4.69) is 0 Å². The van der Waals surface area contributed by atoms with Crippen LogP contribution in [0.4, 0.5) is 0 Å². The Morgan fingerprint density at radius 1 is 1.23 bits per heavy atom. The van der Waals surface area contributed by atoms with E-state index in [4.69, 9.17) is 15.2 Å². The Bertz CT molecular complexity index is 147. The molecule has 0 saturated carbocycles. The van der Waals surface area contributed by atoms with Crippen LogP contribution in [-0.4, -0.2) is 59.7 Å². The number of hydrogen-bond acceptors (Lipinski definition) is 6. The molecule has 1 rings (SSSR count). The number of rotatable bonds is 2. The van der Waals surface area contributed by atoms with Gasteiger partial charge in [0.25, 0.3) is 0 Å². The summed E-state index contributed by atoms with van der Waals surface area (Å²) in [4.78, 5) is 0. The molecule has 2 unspecified atom stereocenters. The number of ether oxygens (including phenoxy) is 2. The van der Waals surface area contributed by atoms with Crippen LogP contribution >= 0.6 is 0 Å². The zero-order valence-electron chi connectivity index (χ0n) is 7.33. The molecule has 13 heavy (non-hydrogen) atoms. The highest BCUT2D eigenvalue weighted by atomic mass is 16.7. The molecule has 1 aliphatic rings. The molecule has 1 heterocycles. The average Bonchev–Trinajstić information content (AvgIpc) is 2.15. The van der Waals surface area contributed by atoms with Gasteiger partial charge in [-0.15, -0.1) is 0 Å². The minimum atomic E-state index is -1.28. The van der Waals surface area contributed by atoms with E-state index in [1.165, 1.54) is 7.11 Å². The monoisotopic (exact) mass is 193 g/mol. The molecule has 78 valence electrons. The zero-order chi connectivity index (χ0) is 10.0. The molecule has 1 saturated heterocycles. The zero-order valence-corrected chi connectivity index (χ0v) is 7.33. The molecule has 0 spiro atoms. The number of methoxy groups -OCH3 is 1. The summed E-state index contributed by atoms with van der Waals surface area (Å²) < 4.78 is 9.83. The largest absolute Gasteiger partial charge is 0.388 e. The number of hydrogen-bond donors (Lipinski definition) is 4. The highest BCUT2D eigenvalue weighted by Crippen LogP contribution is 2.20. The maximum Gasteiger partial charge on any atom is 0.186 e. The summed E-state index contributed by atoms with van der Waals surface area (Å²) in [5, 5.41) is 28.0. The predicted molar refractivity (Wildman–Crippen MR) is 42.7 cm³/mol. The van der Waals surface area contributed by atoms with Gasteiger partial charge in [-0.05, 0) is 0 Å². The number of aliphatic hydroxyl groups excluding tert-OH is 3. The van der Waals surface area contributed by atoms with E-state index in [0.29, 0.717) is 0 Å². The van der Waals surface area contributed by atoms with Gasteiger partial charge in [0.1, 0.15) is 24.4 Å². The Morgan fingerprint density at radius 3 is 2.31 bits per heavy atom. The quantitative estimate of drug-likeness (QED) is 0.383. The van der Waals surface area contributed by atoms with Crippen LogP contribution in [-0.2, 0) is 9.47 Å². The first-order chi connectivity index (χ1) is 6.11. The van der Waals surface area contributed by atoms with E-state index in [1.54, 1.807) is 0 Å². The fourth-order valence-electron chi connectivity index (χ4n) is 1.31. The maximum absolute atomic E-state index is 9.35. The van der Waals surface area contributed by atoms with E-state index < -0.39 is 30.7 Å². The van der Waals surface area contributed by atoms with Crippen molar-refractivity contribution in [3.63, 3.8) is 0 Å². The first-order valence-electron chi connectivity index (χ1n) is 4.04. The van der Waals surface area contributed by atoms with Gasteiger partial charge in [0.15, 0.2) is 6.29 Å². The van der Waals surface area contributed by atoms with Gasteiger partial charge in [0.2, 0.25) is 0 Å². The van der Waals surface area contributed by atoms with Crippen LogP contribution in [0.1, 0.15) is 0 Å². The van der Waals surface area contributed by atoms with Crippen LogP contribution in [0.5, 0.6) is 0 Å². The normalized spacial score (nSPS) is 46.4. The second-order valence-electron chi connectivity index (χ2n) is 2.99. The third kappa shape index (κ3) is 1.98. The van der Waals surface area contributed by atoms with E-state index in [0.717, 1.165) is 0 Å². The molecule has 0 bridgehead atoms. The van der Waals surface area contributed by atoms with Gasteiger partial charge in [-0.25, -0.2) is 0 Å². The summed E-state index contributed by atoms with van der Waals surface area (Å²) >= 11 is 0. The van der Waals surface area contributed by atoms with E-state index in [9.17, 15) is 15.3 Å².